The van der Waals surface area contributed by atoms with Gasteiger partial charge >= 0.3 is 11.6 Å². The largest absolute Gasteiger partial charge is 0.507 e. The van der Waals surface area contributed by atoms with Gasteiger partial charge in [0.2, 0.25) is 5.91 Å². The van der Waals surface area contributed by atoms with E-state index in [0.717, 1.165) is 0 Å². The number of benzene rings is 3. The Balaban J connectivity index is 1.86. The summed E-state index contributed by atoms with van der Waals surface area (Å²) < 4.78 is 28.9. The Kier molecular flexibility index (Phi) is 7.56. The lowest BCUT2D eigenvalue weighted by Gasteiger charge is -2.43. The molecule has 3 N–H and O–H groups in total. The Morgan fingerprint density at radius 3 is 2.33 bits per heavy atom. The number of hydrogen-bond donors (Lipinski definition) is 3. The summed E-state index contributed by atoms with van der Waals surface area (Å²) in [4.78, 5) is 37.3. The fourth-order valence-corrected chi connectivity index (χ4v) is 5.78. The van der Waals surface area contributed by atoms with Crippen LogP contribution in [0.2, 0.25) is 0 Å². The topological polar surface area (TPSA) is 154 Å². The molecule has 11 nitrogen and oxygen atoms in total. The van der Waals surface area contributed by atoms with Crippen LogP contribution >= 0.6 is 0 Å². The van der Waals surface area contributed by atoms with Crippen LogP contribution in [0.1, 0.15) is 38.0 Å². The predicted molar refractivity (Wildman–Crippen MR) is 155 cm³/mol. The number of hydrogen-bond acceptors (Lipinski definition) is 10. The molecular formula is C31H31NO10. The molecule has 1 saturated heterocycles. The van der Waals surface area contributed by atoms with Gasteiger partial charge in [0.05, 0.1) is 37.1 Å². The summed E-state index contributed by atoms with van der Waals surface area (Å²) in [5.74, 6) is -0.573. The summed E-state index contributed by atoms with van der Waals surface area (Å²) in [6.45, 7) is 7.93. The fraction of sp³-hybridized carbons (Fsp3) is 0.323. The number of ether oxygens (including phenoxy) is 4. The summed E-state index contributed by atoms with van der Waals surface area (Å²) in [5.41, 5.74) is 0.424. The number of methoxy groups -OCH3 is 2. The number of phenolic OH excluding ortho intramolecular Hbond substituents is 1. The molecule has 220 valence electrons. The molecule has 1 aliphatic rings. The highest BCUT2D eigenvalue weighted by Crippen LogP contribution is 2.47. The number of carbonyl (C=O) groups is 2. The number of rotatable bonds is 6. The lowest BCUT2D eigenvalue weighted by atomic mass is 9.86. The molecule has 0 bridgehead atoms. The molecule has 2 heterocycles. The minimum atomic E-state index is -1.42. The van der Waals surface area contributed by atoms with Crippen molar-refractivity contribution >= 4 is 50.5 Å². The van der Waals surface area contributed by atoms with E-state index in [1.807, 2.05) is 0 Å². The quantitative estimate of drug-likeness (QED) is 0.176. The van der Waals surface area contributed by atoms with Crippen molar-refractivity contribution in [1.29, 1.82) is 0 Å². The molecule has 0 spiro atoms. The molecule has 42 heavy (non-hydrogen) atoms. The molecule has 5 atom stereocenters. The van der Waals surface area contributed by atoms with Gasteiger partial charge in [-0.1, -0.05) is 18.7 Å². The number of phenols is 1. The van der Waals surface area contributed by atoms with E-state index in [1.54, 1.807) is 31.2 Å². The second kappa shape index (κ2) is 11.0. The van der Waals surface area contributed by atoms with Gasteiger partial charge in [-0.15, -0.1) is 0 Å². The third-order valence-corrected chi connectivity index (χ3v) is 7.53. The molecule has 0 saturated carbocycles. The fourth-order valence-electron chi connectivity index (χ4n) is 5.78. The maximum absolute atomic E-state index is 13.4. The molecule has 0 aliphatic carbocycles. The first-order valence-corrected chi connectivity index (χ1v) is 13.2. The van der Waals surface area contributed by atoms with Crippen molar-refractivity contribution in [3.63, 3.8) is 0 Å². The first-order chi connectivity index (χ1) is 20.0. The van der Waals surface area contributed by atoms with E-state index < -0.39 is 48.0 Å². The van der Waals surface area contributed by atoms with Gasteiger partial charge in [-0.2, -0.15) is 0 Å². The number of carbonyl (C=O) groups excluding carboxylic acids is 2. The van der Waals surface area contributed by atoms with Gasteiger partial charge in [-0.3, -0.25) is 9.59 Å². The van der Waals surface area contributed by atoms with Crippen molar-refractivity contribution in [2.24, 2.45) is 0 Å². The van der Waals surface area contributed by atoms with Gasteiger partial charge in [0.25, 0.3) is 0 Å². The van der Waals surface area contributed by atoms with Crippen LogP contribution < -0.4 is 20.4 Å². The standard InChI is InChI=1S/C31H31NO10/c1-7-16-10-19-23(21(11-16)38-5)18-12-22(39-6)25-20(35)9-8-17(24(25)29(18)42-31(19)37)30-27(36)26(32-14(3)33)28(13(2)40-30)41-15(4)34/h7-13,26-28,30,35-36H,1H2,2-6H3,(H,32,33)/t13-,26-,27-,28+,30+/m1/s1. The minimum Gasteiger partial charge on any atom is -0.507 e. The van der Waals surface area contributed by atoms with Crippen molar-refractivity contribution in [2.45, 2.75) is 51.2 Å². The van der Waals surface area contributed by atoms with E-state index in [1.165, 1.54) is 40.2 Å². The van der Waals surface area contributed by atoms with E-state index in [4.69, 9.17) is 23.4 Å². The third kappa shape index (κ3) is 4.70. The minimum absolute atomic E-state index is 0.0977. The SMILES string of the molecule is C=Cc1cc(OC)c2c(c1)c(=O)oc1c2cc(OC)c2c(O)ccc([C@@H]3O[C@H](C)[C@H](OC(C)=O)[C@H](NC(C)=O)[C@H]3O)c21. The smallest absolute Gasteiger partial charge is 0.344 e. The van der Waals surface area contributed by atoms with E-state index in [0.29, 0.717) is 27.6 Å². The maximum atomic E-state index is 13.4. The number of fused-ring (bicyclic) bond motifs is 5. The van der Waals surface area contributed by atoms with Crippen LogP contribution in [0.25, 0.3) is 38.6 Å². The van der Waals surface area contributed by atoms with Crippen LogP contribution in [0, 0.1) is 0 Å². The average Bonchev–Trinajstić information content (AvgIpc) is 2.95. The van der Waals surface area contributed by atoms with Crippen LogP contribution in [0.4, 0.5) is 0 Å². The number of esters is 1. The van der Waals surface area contributed by atoms with Gasteiger partial charge in [0.15, 0.2) is 6.10 Å². The molecule has 1 aliphatic heterocycles. The van der Waals surface area contributed by atoms with Crippen molar-refractivity contribution in [3.05, 3.63) is 58.5 Å². The van der Waals surface area contributed by atoms with Crippen LogP contribution in [-0.2, 0) is 19.1 Å². The van der Waals surface area contributed by atoms with Crippen molar-refractivity contribution in [2.75, 3.05) is 14.2 Å². The molecule has 4 aromatic rings. The molecule has 1 fully saturated rings. The van der Waals surface area contributed by atoms with Crippen LogP contribution in [0.5, 0.6) is 17.2 Å². The Morgan fingerprint density at radius 2 is 1.71 bits per heavy atom. The highest BCUT2D eigenvalue weighted by molar-refractivity contribution is 6.19. The van der Waals surface area contributed by atoms with E-state index >= 15 is 0 Å². The summed E-state index contributed by atoms with van der Waals surface area (Å²) >= 11 is 0. The second-order valence-electron chi connectivity index (χ2n) is 10.2. The van der Waals surface area contributed by atoms with E-state index in [-0.39, 0.29) is 33.2 Å². The lowest BCUT2D eigenvalue weighted by Crippen LogP contribution is -2.61. The molecule has 1 amide bonds. The molecule has 0 unspecified atom stereocenters. The van der Waals surface area contributed by atoms with Gasteiger partial charge in [-0.25, -0.2) is 4.79 Å². The zero-order chi connectivity index (χ0) is 30.5. The van der Waals surface area contributed by atoms with Crippen molar-refractivity contribution < 1.29 is 43.2 Å². The number of nitrogens with one attached hydrogen (secondary N) is 1. The molecule has 3 aromatic carbocycles. The number of aliphatic hydroxyl groups is 1. The first-order valence-electron chi connectivity index (χ1n) is 13.2. The molecule has 0 radical (unpaired) electrons. The normalized spacial score (nSPS) is 22.2. The molecule has 1 aromatic heterocycles. The third-order valence-electron chi connectivity index (χ3n) is 7.53. The van der Waals surface area contributed by atoms with Gasteiger partial charge in [0.1, 0.15) is 35.0 Å². The number of amides is 1. The Labute approximate surface area is 240 Å². The van der Waals surface area contributed by atoms with Crippen molar-refractivity contribution in [3.8, 4) is 17.2 Å². The summed E-state index contributed by atoms with van der Waals surface area (Å²) in [6.07, 6.45) is -2.71. The second-order valence-corrected chi connectivity index (χ2v) is 10.2. The van der Waals surface area contributed by atoms with Gasteiger partial charge in [0, 0.05) is 30.0 Å². The summed E-state index contributed by atoms with van der Waals surface area (Å²) in [5, 5.41) is 26.9. The predicted octanol–water partition coefficient (Wildman–Crippen LogP) is 3.72. The number of aromatic hydroxyl groups is 1. The van der Waals surface area contributed by atoms with Crippen molar-refractivity contribution in [1.82, 2.24) is 5.32 Å². The lowest BCUT2D eigenvalue weighted by molar-refractivity contribution is -0.200. The summed E-state index contributed by atoms with van der Waals surface area (Å²) in [7, 11) is 2.92. The first kappa shape index (κ1) is 28.9. The zero-order valence-electron chi connectivity index (χ0n) is 23.7. The molecule has 11 heteroatoms. The highest BCUT2D eigenvalue weighted by Gasteiger charge is 2.47. The Morgan fingerprint density at radius 1 is 1.02 bits per heavy atom. The Bertz CT molecular complexity index is 1810. The van der Waals surface area contributed by atoms with Crippen LogP contribution in [0.3, 0.4) is 0 Å². The van der Waals surface area contributed by atoms with E-state index in [2.05, 4.69) is 11.9 Å². The zero-order valence-corrected chi connectivity index (χ0v) is 23.7. The maximum Gasteiger partial charge on any atom is 0.344 e. The van der Waals surface area contributed by atoms with Crippen LogP contribution in [-0.4, -0.2) is 60.7 Å². The molecule has 5 rings (SSSR count). The Hall–Kier alpha value is -4.61. The monoisotopic (exact) mass is 577 g/mol. The number of aliphatic hydroxyl groups excluding tert-OH is 1. The van der Waals surface area contributed by atoms with Gasteiger partial charge < -0.3 is 38.9 Å². The van der Waals surface area contributed by atoms with Crippen LogP contribution in [0.15, 0.2) is 46.1 Å². The van der Waals surface area contributed by atoms with E-state index in [9.17, 15) is 24.6 Å². The average molecular weight is 578 g/mol. The summed E-state index contributed by atoms with van der Waals surface area (Å²) in [6, 6.07) is 6.92. The van der Waals surface area contributed by atoms with Gasteiger partial charge in [-0.05, 0) is 42.3 Å². The molecular weight excluding hydrogens is 546 g/mol. The highest BCUT2D eigenvalue weighted by atomic mass is 16.6.